The van der Waals surface area contributed by atoms with Crippen molar-refractivity contribution in [3.05, 3.63) is 33.3 Å². The van der Waals surface area contributed by atoms with Crippen LogP contribution in [0.5, 0.6) is 0 Å². The van der Waals surface area contributed by atoms with Gasteiger partial charge in [0.2, 0.25) is 0 Å². The molecule has 15 heavy (non-hydrogen) atoms. The summed E-state index contributed by atoms with van der Waals surface area (Å²) in [6.45, 7) is 3.95. The van der Waals surface area contributed by atoms with Gasteiger partial charge in [0.05, 0.1) is 6.10 Å². The lowest BCUT2D eigenvalue weighted by molar-refractivity contribution is 0.164. The van der Waals surface area contributed by atoms with Crippen LogP contribution in [0.15, 0.2) is 22.7 Å². The van der Waals surface area contributed by atoms with E-state index < -0.39 is 0 Å². The fraction of sp³-hybridized carbons (Fsp3) is 0.500. The molecule has 0 aromatic heterocycles. The van der Waals surface area contributed by atoms with Crippen LogP contribution in [-0.4, -0.2) is 11.2 Å². The third-order valence-electron chi connectivity index (χ3n) is 2.33. The van der Waals surface area contributed by atoms with E-state index in [1.165, 1.54) is 0 Å². The Balaban J connectivity index is 2.64. The van der Waals surface area contributed by atoms with E-state index in [2.05, 4.69) is 22.9 Å². The summed E-state index contributed by atoms with van der Waals surface area (Å²) < 4.78 is 0.999. The number of halogens is 2. The van der Waals surface area contributed by atoms with Gasteiger partial charge in [-0.05, 0) is 43.4 Å². The molecule has 1 nitrogen and oxygen atoms in total. The summed E-state index contributed by atoms with van der Waals surface area (Å²) in [6, 6.07) is 5.94. The lowest BCUT2D eigenvalue weighted by atomic mass is 9.96. The number of benzene rings is 1. The van der Waals surface area contributed by atoms with Gasteiger partial charge in [-0.25, -0.2) is 0 Å². The maximum atomic E-state index is 9.27. The van der Waals surface area contributed by atoms with E-state index >= 15 is 0 Å². The van der Waals surface area contributed by atoms with Gasteiger partial charge in [0.15, 0.2) is 0 Å². The monoisotopic (exact) mass is 290 g/mol. The fourth-order valence-electron chi connectivity index (χ4n) is 1.73. The molecule has 1 N–H and O–H groups in total. The maximum Gasteiger partial charge on any atom is 0.0514 e. The molecule has 0 radical (unpaired) electrons. The lowest BCUT2D eigenvalue weighted by Crippen LogP contribution is -2.09. The summed E-state index contributed by atoms with van der Waals surface area (Å²) >= 11 is 9.50. The van der Waals surface area contributed by atoms with Gasteiger partial charge in [-0.1, -0.05) is 40.5 Å². The first-order valence-corrected chi connectivity index (χ1v) is 6.28. The van der Waals surface area contributed by atoms with Crippen LogP contribution in [0.3, 0.4) is 0 Å². The number of hydrogen-bond donors (Lipinski definition) is 1. The molecule has 3 heteroatoms. The topological polar surface area (TPSA) is 20.2 Å². The quantitative estimate of drug-likeness (QED) is 0.887. The minimum atomic E-state index is -0.241. The van der Waals surface area contributed by atoms with Gasteiger partial charge >= 0.3 is 0 Å². The largest absolute Gasteiger partial charge is 0.393 e. The van der Waals surface area contributed by atoms with Gasteiger partial charge in [0.25, 0.3) is 0 Å². The van der Waals surface area contributed by atoms with E-state index in [4.69, 9.17) is 11.6 Å². The molecule has 0 aliphatic carbocycles. The Morgan fingerprint density at radius 2 is 2.07 bits per heavy atom. The van der Waals surface area contributed by atoms with Gasteiger partial charge in [0, 0.05) is 9.50 Å². The van der Waals surface area contributed by atoms with Crippen molar-refractivity contribution in [3.8, 4) is 0 Å². The zero-order valence-corrected chi connectivity index (χ0v) is 11.3. The van der Waals surface area contributed by atoms with Crippen molar-refractivity contribution in [1.82, 2.24) is 0 Å². The van der Waals surface area contributed by atoms with E-state index in [9.17, 15) is 5.11 Å². The second kappa shape index (κ2) is 5.88. The SMILES string of the molecule is CC(O)CC(C)Cc1ccc(Br)cc1Cl. The normalized spacial score (nSPS) is 15.0. The predicted octanol–water partition coefficient (Wildman–Crippen LogP) is 4.05. The maximum absolute atomic E-state index is 9.27. The molecule has 0 heterocycles. The van der Waals surface area contributed by atoms with E-state index in [1.54, 1.807) is 0 Å². The highest BCUT2D eigenvalue weighted by Crippen LogP contribution is 2.24. The zero-order valence-electron chi connectivity index (χ0n) is 9.00. The molecule has 0 aliphatic rings. The molecule has 0 amide bonds. The third kappa shape index (κ3) is 4.54. The molecule has 1 aromatic carbocycles. The second-order valence-electron chi connectivity index (χ2n) is 4.13. The molecule has 0 fully saturated rings. The first kappa shape index (κ1) is 13.0. The van der Waals surface area contributed by atoms with Crippen molar-refractivity contribution in [2.75, 3.05) is 0 Å². The molecule has 2 atom stereocenters. The van der Waals surface area contributed by atoms with E-state index in [1.807, 2.05) is 25.1 Å². The molecule has 0 aliphatic heterocycles. The molecule has 0 saturated carbocycles. The van der Waals surface area contributed by atoms with Crippen LogP contribution in [0, 0.1) is 5.92 Å². The molecule has 2 unspecified atom stereocenters. The summed E-state index contributed by atoms with van der Waals surface area (Å²) in [4.78, 5) is 0. The predicted molar refractivity (Wildman–Crippen MR) is 68.3 cm³/mol. The van der Waals surface area contributed by atoms with Crippen molar-refractivity contribution in [2.45, 2.75) is 32.8 Å². The molecular weight excluding hydrogens is 275 g/mol. The smallest absolute Gasteiger partial charge is 0.0514 e. The van der Waals surface area contributed by atoms with Gasteiger partial charge in [0.1, 0.15) is 0 Å². The van der Waals surface area contributed by atoms with Gasteiger partial charge in [-0.3, -0.25) is 0 Å². The minimum absolute atomic E-state index is 0.241. The number of aliphatic hydroxyl groups excluding tert-OH is 1. The highest BCUT2D eigenvalue weighted by molar-refractivity contribution is 9.10. The van der Waals surface area contributed by atoms with Crippen LogP contribution in [0.1, 0.15) is 25.8 Å². The van der Waals surface area contributed by atoms with Crippen molar-refractivity contribution in [2.24, 2.45) is 5.92 Å². The fourth-order valence-corrected chi connectivity index (χ4v) is 2.48. The average Bonchev–Trinajstić information content (AvgIpc) is 2.08. The Hall–Kier alpha value is -0.0500. The highest BCUT2D eigenvalue weighted by atomic mass is 79.9. The Labute approximate surface area is 105 Å². The van der Waals surface area contributed by atoms with Crippen LogP contribution in [0.2, 0.25) is 5.02 Å². The van der Waals surface area contributed by atoms with Gasteiger partial charge in [-0.15, -0.1) is 0 Å². The molecule has 1 rings (SSSR count). The molecule has 0 saturated heterocycles. The van der Waals surface area contributed by atoms with Crippen LogP contribution in [0.4, 0.5) is 0 Å². The van der Waals surface area contributed by atoms with Gasteiger partial charge in [-0.2, -0.15) is 0 Å². The van der Waals surface area contributed by atoms with E-state index in [-0.39, 0.29) is 6.10 Å². The Morgan fingerprint density at radius 3 is 2.60 bits per heavy atom. The van der Waals surface area contributed by atoms with Crippen LogP contribution in [0.25, 0.3) is 0 Å². The third-order valence-corrected chi connectivity index (χ3v) is 3.17. The highest BCUT2D eigenvalue weighted by Gasteiger charge is 2.09. The first-order chi connectivity index (χ1) is 6.99. The summed E-state index contributed by atoms with van der Waals surface area (Å²) in [6.07, 6.45) is 1.48. The minimum Gasteiger partial charge on any atom is -0.393 e. The van der Waals surface area contributed by atoms with Crippen molar-refractivity contribution in [1.29, 1.82) is 0 Å². The summed E-state index contributed by atoms with van der Waals surface area (Å²) in [5, 5.41) is 10.1. The van der Waals surface area contributed by atoms with Gasteiger partial charge < -0.3 is 5.11 Å². The summed E-state index contributed by atoms with van der Waals surface area (Å²) in [5.74, 6) is 0.448. The van der Waals surface area contributed by atoms with Crippen molar-refractivity contribution >= 4 is 27.5 Å². The first-order valence-electron chi connectivity index (χ1n) is 5.11. The number of hydrogen-bond acceptors (Lipinski definition) is 1. The average molecular weight is 292 g/mol. The molecule has 0 spiro atoms. The summed E-state index contributed by atoms with van der Waals surface area (Å²) in [5.41, 5.74) is 1.15. The van der Waals surface area contributed by atoms with Crippen LogP contribution in [-0.2, 0) is 6.42 Å². The second-order valence-corrected chi connectivity index (χ2v) is 5.45. The van der Waals surface area contributed by atoms with Crippen molar-refractivity contribution < 1.29 is 5.11 Å². The number of aliphatic hydroxyl groups is 1. The standard InChI is InChI=1S/C12H16BrClO/c1-8(5-9(2)15)6-10-3-4-11(13)7-12(10)14/h3-4,7-9,15H,5-6H2,1-2H3. The lowest BCUT2D eigenvalue weighted by Gasteiger charge is -2.14. The molecular formula is C12H16BrClO. The van der Waals surface area contributed by atoms with Crippen molar-refractivity contribution in [3.63, 3.8) is 0 Å². The Kier molecular flexibility index (Phi) is 5.10. The molecule has 1 aromatic rings. The Bertz CT molecular complexity index is 325. The molecule has 0 bridgehead atoms. The van der Waals surface area contributed by atoms with Crippen LogP contribution < -0.4 is 0 Å². The zero-order chi connectivity index (χ0) is 11.4. The number of rotatable bonds is 4. The van der Waals surface area contributed by atoms with Crippen LogP contribution >= 0.6 is 27.5 Å². The Morgan fingerprint density at radius 1 is 1.40 bits per heavy atom. The van der Waals surface area contributed by atoms with E-state index in [0.29, 0.717) is 5.92 Å². The van der Waals surface area contributed by atoms with E-state index in [0.717, 1.165) is 27.9 Å². The molecule has 84 valence electrons. The summed E-state index contributed by atoms with van der Waals surface area (Å²) in [7, 11) is 0.